The molecular formula is C10H15NO4. The van der Waals surface area contributed by atoms with Gasteiger partial charge in [0.25, 0.3) is 0 Å². The molecule has 0 aromatic heterocycles. The summed E-state index contributed by atoms with van der Waals surface area (Å²) in [5.74, 6) is -0.825. The first-order valence-corrected chi connectivity index (χ1v) is 4.81. The van der Waals surface area contributed by atoms with Crippen LogP contribution in [-0.4, -0.2) is 30.3 Å². The SMILES string of the molecule is C=CCOC(=O)NCC1(CC(=O)O)CC1. The van der Waals surface area contributed by atoms with Crippen LogP contribution >= 0.6 is 0 Å². The fourth-order valence-electron chi connectivity index (χ4n) is 1.36. The topological polar surface area (TPSA) is 75.6 Å². The summed E-state index contributed by atoms with van der Waals surface area (Å²) in [7, 11) is 0. The average Bonchev–Trinajstić information content (AvgIpc) is 2.91. The Morgan fingerprint density at radius 1 is 1.53 bits per heavy atom. The van der Waals surface area contributed by atoms with Gasteiger partial charge in [-0.1, -0.05) is 12.7 Å². The Morgan fingerprint density at radius 3 is 2.67 bits per heavy atom. The number of alkyl carbamates (subject to hydrolysis) is 1. The number of hydrogen-bond donors (Lipinski definition) is 2. The molecule has 2 N–H and O–H groups in total. The van der Waals surface area contributed by atoms with Crippen molar-refractivity contribution >= 4 is 12.1 Å². The first-order chi connectivity index (χ1) is 7.08. The monoisotopic (exact) mass is 213 g/mol. The molecule has 0 radical (unpaired) electrons. The minimum absolute atomic E-state index is 0.106. The number of aliphatic carboxylic acids is 1. The molecule has 1 saturated carbocycles. The molecule has 5 nitrogen and oxygen atoms in total. The van der Waals surface area contributed by atoms with Gasteiger partial charge in [-0.2, -0.15) is 0 Å². The zero-order valence-corrected chi connectivity index (χ0v) is 8.49. The number of ether oxygens (including phenoxy) is 1. The molecule has 0 atom stereocenters. The first kappa shape index (κ1) is 11.6. The summed E-state index contributed by atoms with van der Waals surface area (Å²) in [6, 6.07) is 0. The van der Waals surface area contributed by atoms with E-state index in [1.165, 1.54) is 6.08 Å². The van der Waals surface area contributed by atoms with Gasteiger partial charge in [-0.25, -0.2) is 4.79 Å². The number of carboxylic acid groups (broad SMARTS) is 1. The van der Waals surface area contributed by atoms with Crippen molar-refractivity contribution in [3.05, 3.63) is 12.7 Å². The normalized spacial score (nSPS) is 16.5. The van der Waals surface area contributed by atoms with Crippen LogP contribution in [0.1, 0.15) is 19.3 Å². The molecule has 0 aliphatic heterocycles. The maximum Gasteiger partial charge on any atom is 0.407 e. The Kier molecular flexibility index (Phi) is 3.71. The minimum atomic E-state index is -0.825. The van der Waals surface area contributed by atoms with E-state index in [0.29, 0.717) is 6.54 Å². The van der Waals surface area contributed by atoms with Crippen molar-refractivity contribution in [2.75, 3.05) is 13.2 Å². The van der Waals surface area contributed by atoms with Crippen LogP contribution in [-0.2, 0) is 9.53 Å². The smallest absolute Gasteiger partial charge is 0.407 e. The van der Waals surface area contributed by atoms with Gasteiger partial charge in [0.2, 0.25) is 0 Å². The zero-order chi connectivity index (χ0) is 11.3. The van der Waals surface area contributed by atoms with Crippen LogP contribution in [0.5, 0.6) is 0 Å². The molecular weight excluding hydrogens is 198 g/mol. The third-order valence-corrected chi connectivity index (χ3v) is 2.42. The molecule has 15 heavy (non-hydrogen) atoms. The summed E-state index contributed by atoms with van der Waals surface area (Å²) in [5, 5.41) is 11.2. The Morgan fingerprint density at radius 2 is 2.20 bits per heavy atom. The highest BCUT2D eigenvalue weighted by Gasteiger charge is 2.44. The van der Waals surface area contributed by atoms with Crippen molar-refractivity contribution in [1.82, 2.24) is 5.32 Å². The third kappa shape index (κ3) is 4.01. The molecule has 5 heteroatoms. The van der Waals surface area contributed by atoms with Gasteiger partial charge >= 0.3 is 12.1 Å². The van der Waals surface area contributed by atoms with Crippen molar-refractivity contribution in [3.63, 3.8) is 0 Å². The zero-order valence-electron chi connectivity index (χ0n) is 8.49. The number of carbonyl (C=O) groups excluding carboxylic acids is 1. The van der Waals surface area contributed by atoms with Crippen molar-refractivity contribution < 1.29 is 19.4 Å². The van der Waals surface area contributed by atoms with Crippen molar-refractivity contribution in [1.29, 1.82) is 0 Å². The lowest BCUT2D eigenvalue weighted by molar-refractivity contribution is -0.138. The van der Waals surface area contributed by atoms with Gasteiger partial charge in [-0.15, -0.1) is 0 Å². The molecule has 0 heterocycles. The molecule has 0 aromatic rings. The summed E-state index contributed by atoms with van der Waals surface area (Å²) in [6.45, 7) is 3.95. The summed E-state index contributed by atoms with van der Waals surface area (Å²) >= 11 is 0. The summed E-state index contributed by atoms with van der Waals surface area (Å²) in [6.07, 6.45) is 2.76. The van der Waals surface area contributed by atoms with E-state index in [2.05, 4.69) is 11.9 Å². The number of amides is 1. The maximum absolute atomic E-state index is 11.0. The van der Waals surface area contributed by atoms with Gasteiger partial charge in [-0.05, 0) is 18.3 Å². The number of hydrogen-bond acceptors (Lipinski definition) is 3. The van der Waals surface area contributed by atoms with Gasteiger partial charge in [-0.3, -0.25) is 4.79 Å². The molecule has 0 bridgehead atoms. The summed E-state index contributed by atoms with van der Waals surface area (Å²) in [4.78, 5) is 21.5. The van der Waals surface area contributed by atoms with Crippen LogP contribution in [0.25, 0.3) is 0 Å². The van der Waals surface area contributed by atoms with E-state index in [4.69, 9.17) is 9.84 Å². The van der Waals surface area contributed by atoms with E-state index in [1.807, 2.05) is 0 Å². The van der Waals surface area contributed by atoms with Crippen molar-refractivity contribution in [3.8, 4) is 0 Å². The number of carbonyl (C=O) groups is 2. The van der Waals surface area contributed by atoms with Crippen molar-refractivity contribution in [2.45, 2.75) is 19.3 Å². The second-order valence-corrected chi connectivity index (χ2v) is 3.81. The average molecular weight is 213 g/mol. The third-order valence-electron chi connectivity index (χ3n) is 2.42. The van der Waals surface area contributed by atoms with E-state index < -0.39 is 12.1 Å². The van der Waals surface area contributed by atoms with E-state index in [1.54, 1.807) is 0 Å². The van der Waals surface area contributed by atoms with E-state index in [0.717, 1.165) is 12.8 Å². The van der Waals surface area contributed by atoms with Gasteiger partial charge in [0.05, 0.1) is 6.42 Å². The molecule has 0 aromatic carbocycles. The van der Waals surface area contributed by atoms with E-state index in [-0.39, 0.29) is 18.4 Å². The fourth-order valence-corrected chi connectivity index (χ4v) is 1.36. The first-order valence-electron chi connectivity index (χ1n) is 4.81. The second kappa shape index (κ2) is 4.82. The maximum atomic E-state index is 11.0. The molecule has 0 spiro atoms. The molecule has 1 rings (SSSR count). The number of rotatable bonds is 6. The molecule has 1 fully saturated rings. The second-order valence-electron chi connectivity index (χ2n) is 3.81. The lowest BCUT2D eigenvalue weighted by Crippen LogP contribution is -2.31. The predicted molar refractivity (Wildman–Crippen MR) is 53.5 cm³/mol. The van der Waals surface area contributed by atoms with Crippen LogP contribution in [0, 0.1) is 5.41 Å². The highest BCUT2D eigenvalue weighted by atomic mass is 16.5. The minimum Gasteiger partial charge on any atom is -0.481 e. The van der Waals surface area contributed by atoms with Crippen LogP contribution in [0.15, 0.2) is 12.7 Å². The highest BCUT2D eigenvalue weighted by Crippen LogP contribution is 2.48. The number of carboxylic acids is 1. The number of nitrogens with one attached hydrogen (secondary N) is 1. The van der Waals surface area contributed by atoms with Gasteiger partial charge in [0.1, 0.15) is 6.61 Å². The lowest BCUT2D eigenvalue weighted by atomic mass is 10.0. The molecule has 1 aliphatic carbocycles. The summed E-state index contributed by atoms with van der Waals surface area (Å²) in [5.41, 5.74) is -0.237. The van der Waals surface area contributed by atoms with E-state index >= 15 is 0 Å². The Labute approximate surface area is 88.1 Å². The van der Waals surface area contributed by atoms with Gasteiger partial charge in [0, 0.05) is 6.54 Å². The Bertz CT molecular complexity index is 271. The van der Waals surface area contributed by atoms with Crippen molar-refractivity contribution in [2.24, 2.45) is 5.41 Å². The largest absolute Gasteiger partial charge is 0.481 e. The molecule has 0 unspecified atom stereocenters. The van der Waals surface area contributed by atoms with Crippen LogP contribution < -0.4 is 5.32 Å². The van der Waals surface area contributed by atoms with E-state index in [9.17, 15) is 9.59 Å². The van der Waals surface area contributed by atoms with Crippen LogP contribution in [0.2, 0.25) is 0 Å². The Balaban J connectivity index is 2.21. The molecule has 1 aliphatic rings. The van der Waals surface area contributed by atoms with Crippen LogP contribution in [0.4, 0.5) is 4.79 Å². The Hall–Kier alpha value is -1.52. The predicted octanol–water partition coefficient (Wildman–Crippen LogP) is 1.15. The van der Waals surface area contributed by atoms with Gasteiger partial charge in [0.15, 0.2) is 0 Å². The standard InChI is InChI=1S/C10H15NO4/c1-2-5-15-9(14)11-7-10(3-4-10)6-8(12)13/h2H,1,3-7H2,(H,11,14)(H,12,13). The van der Waals surface area contributed by atoms with Crippen LogP contribution in [0.3, 0.4) is 0 Å². The highest BCUT2D eigenvalue weighted by molar-refractivity contribution is 5.69. The quantitative estimate of drug-likeness (QED) is 0.649. The molecule has 0 saturated heterocycles. The molecule has 84 valence electrons. The van der Waals surface area contributed by atoms with Gasteiger partial charge < -0.3 is 15.2 Å². The lowest BCUT2D eigenvalue weighted by Gasteiger charge is -2.12. The molecule has 1 amide bonds. The summed E-state index contributed by atoms with van der Waals surface area (Å²) < 4.78 is 4.70. The fraction of sp³-hybridized carbons (Fsp3) is 0.600.